The minimum atomic E-state index is 0.626. The Labute approximate surface area is 103 Å². The van der Waals surface area contributed by atoms with Gasteiger partial charge in [-0.25, -0.2) is 0 Å². The SMILES string of the molecule is CCCCc1noc(CN(C)C(C)C2CC2)n1. The topological polar surface area (TPSA) is 42.2 Å². The van der Waals surface area contributed by atoms with Crippen LogP contribution in [-0.2, 0) is 13.0 Å². The number of rotatable bonds is 7. The van der Waals surface area contributed by atoms with Crippen molar-refractivity contribution in [1.29, 1.82) is 0 Å². The van der Waals surface area contributed by atoms with E-state index in [9.17, 15) is 0 Å². The summed E-state index contributed by atoms with van der Waals surface area (Å²) in [6.07, 6.45) is 5.98. The third kappa shape index (κ3) is 3.53. The second-order valence-electron chi connectivity index (χ2n) is 5.20. The largest absolute Gasteiger partial charge is 0.338 e. The second-order valence-corrected chi connectivity index (χ2v) is 5.20. The van der Waals surface area contributed by atoms with Crippen LogP contribution < -0.4 is 0 Å². The summed E-state index contributed by atoms with van der Waals surface area (Å²) in [5.74, 6) is 2.49. The Morgan fingerprint density at radius 3 is 2.88 bits per heavy atom. The van der Waals surface area contributed by atoms with Crippen molar-refractivity contribution in [3.8, 4) is 0 Å². The van der Waals surface area contributed by atoms with Crippen molar-refractivity contribution >= 4 is 0 Å². The molecule has 2 rings (SSSR count). The van der Waals surface area contributed by atoms with E-state index in [1.54, 1.807) is 0 Å². The lowest BCUT2D eigenvalue weighted by atomic mass is 10.2. The molecule has 96 valence electrons. The molecular formula is C13H23N3O. The van der Waals surface area contributed by atoms with Gasteiger partial charge in [0.2, 0.25) is 5.89 Å². The van der Waals surface area contributed by atoms with Crippen molar-refractivity contribution in [2.45, 2.75) is 58.5 Å². The van der Waals surface area contributed by atoms with Crippen LogP contribution in [0.2, 0.25) is 0 Å². The lowest BCUT2D eigenvalue weighted by Crippen LogP contribution is -2.30. The van der Waals surface area contributed by atoms with Crippen LogP contribution in [0.25, 0.3) is 0 Å². The van der Waals surface area contributed by atoms with E-state index in [2.05, 4.69) is 35.9 Å². The molecule has 17 heavy (non-hydrogen) atoms. The summed E-state index contributed by atoms with van der Waals surface area (Å²) in [6, 6.07) is 0.626. The Morgan fingerprint density at radius 2 is 2.24 bits per heavy atom. The zero-order valence-corrected chi connectivity index (χ0v) is 11.1. The zero-order valence-electron chi connectivity index (χ0n) is 11.1. The van der Waals surface area contributed by atoms with Crippen LogP contribution >= 0.6 is 0 Å². The van der Waals surface area contributed by atoms with E-state index in [0.717, 1.165) is 37.0 Å². The molecule has 1 heterocycles. The second kappa shape index (κ2) is 5.63. The van der Waals surface area contributed by atoms with Crippen molar-refractivity contribution in [1.82, 2.24) is 15.0 Å². The van der Waals surface area contributed by atoms with Gasteiger partial charge < -0.3 is 4.52 Å². The van der Waals surface area contributed by atoms with Gasteiger partial charge in [0, 0.05) is 12.5 Å². The van der Waals surface area contributed by atoms with Crippen molar-refractivity contribution in [3.63, 3.8) is 0 Å². The van der Waals surface area contributed by atoms with E-state index >= 15 is 0 Å². The molecule has 0 saturated heterocycles. The molecule has 0 aromatic carbocycles. The number of nitrogens with zero attached hydrogens (tertiary/aromatic N) is 3. The summed E-state index contributed by atoms with van der Waals surface area (Å²) in [5, 5.41) is 4.01. The molecule has 4 nitrogen and oxygen atoms in total. The Hall–Kier alpha value is -0.900. The molecule has 0 amide bonds. The first-order chi connectivity index (χ1) is 8.20. The van der Waals surface area contributed by atoms with Crippen LogP contribution in [-0.4, -0.2) is 28.1 Å². The van der Waals surface area contributed by atoms with Gasteiger partial charge in [-0.15, -0.1) is 0 Å². The summed E-state index contributed by atoms with van der Waals surface area (Å²) in [5.41, 5.74) is 0. The molecule has 0 radical (unpaired) electrons. The van der Waals surface area contributed by atoms with E-state index in [1.165, 1.54) is 19.3 Å². The van der Waals surface area contributed by atoms with Gasteiger partial charge in [-0.2, -0.15) is 4.98 Å². The van der Waals surface area contributed by atoms with E-state index in [4.69, 9.17) is 4.52 Å². The molecule has 1 atom stereocenters. The maximum Gasteiger partial charge on any atom is 0.240 e. The summed E-state index contributed by atoms with van der Waals surface area (Å²) in [7, 11) is 2.14. The fourth-order valence-electron chi connectivity index (χ4n) is 2.09. The predicted octanol–water partition coefficient (Wildman–Crippen LogP) is 2.64. The Kier molecular flexibility index (Phi) is 4.15. The molecule has 0 bridgehead atoms. The Morgan fingerprint density at radius 1 is 1.47 bits per heavy atom. The maximum absolute atomic E-state index is 5.28. The molecule has 4 heteroatoms. The molecule has 0 N–H and O–H groups in total. The van der Waals surface area contributed by atoms with Gasteiger partial charge in [-0.05, 0) is 39.2 Å². The third-order valence-corrected chi connectivity index (χ3v) is 3.65. The molecule has 0 spiro atoms. The number of aryl methyl sites for hydroxylation is 1. The highest BCUT2D eigenvalue weighted by molar-refractivity contribution is 4.89. The third-order valence-electron chi connectivity index (χ3n) is 3.65. The van der Waals surface area contributed by atoms with Crippen molar-refractivity contribution in [2.24, 2.45) is 5.92 Å². The highest BCUT2D eigenvalue weighted by atomic mass is 16.5. The molecular weight excluding hydrogens is 214 g/mol. The summed E-state index contributed by atoms with van der Waals surface area (Å²) < 4.78 is 5.28. The van der Waals surface area contributed by atoms with Gasteiger partial charge in [0.05, 0.1) is 6.54 Å². The Bertz CT molecular complexity index is 346. The van der Waals surface area contributed by atoms with Crippen LogP contribution in [0.4, 0.5) is 0 Å². The van der Waals surface area contributed by atoms with Crippen LogP contribution in [0.15, 0.2) is 4.52 Å². The molecule has 1 aromatic rings. The van der Waals surface area contributed by atoms with Gasteiger partial charge >= 0.3 is 0 Å². The lowest BCUT2D eigenvalue weighted by molar-refractivity contribution is 0.197. The lowest BCUT2D eigenvalue weighted by Gasteiger charge is -2.22. The van der Waals surface area contributed by atoms with Gasteiger partial charge in [0.15, 0.2) is 5.82 Å². The minimum absolute atomic E-state index is 0.626. The van der Waals surface area contributed by atoms with Gasteiger partial charge in [-0.3, -0.25) is 4.90 Å². The first-order valence-corrected chi connectivity index (χ1v) is 6.72. The van der Waals surface area contributed by atoms with E-state index in [0.29, 0.717) is 6.04 Å². The number of hydrogen-bond donors (Lipinski definition) is 0. The Balaban J connectivity index is 1.82. The standard InChI is InChI=1S/C13H23N3O/c1-4-5-6-12-14-13(17-15-12)9-16(3)10(2)11-7-8-11/h10-11H,4-9H2,1-3H3. The average molecular weight is 237 g/mol. The highest BCUT2D eigenvalue weighted by Gasteiger charge is 2.30. The molecule has 1 aliphatic carbocycles. The molecule has 1 aliphatic rings. The first-order valence-electron chi connectivity index (χ1n) is 6.72. The smallest absolute Gasteiger partial charge is 0.240 e. The van der Waals surface area contributed by atoms with E-state index in [1.807, 2.05) is 0 Å². The summed E-state index contributed by atoms with van der Waals surface area (Å²) >= 11 is 0. The van der Waals surface area contributed by atoms with Crippen LogP contribution in [0, 0.1) is 5.92 Å². The minimum Gasteiger partial charge on any atom is -0.338 e. The van der Waals surface area contributed by atoms with E-state index in [-0.39, 0.29) is 0 Å². The van der Waals surface area contributed by atoms with Crippen LogP contribution in [0.1, 0.15) is 51.2 Å². The number of unbranched alkanes of at least 4 members (excludes halogenated alkanes) is 1. The van der Waals surface area contributed by atoms with E-state index < -0.39 is 0 Å². The fraction of sp³-hybridized carbons (Fsp3) is 0.846. The normalized spacial score (nSPS) is 17.6. The molecule has 1 fully saturated rings. The first kappa shape index (κ1) is 12.6. The summed E-state index contributed by atoms with van der Waals surface area (Å²) in [4.78, 5) is 6.74. The van der Waals surface area contributed by atoms with Crippen molar-refractivity contribution < 1.29 is 4.52 Å². The molecule has 1 unspecified atom stereocenters. The summed E-state index contributed by atoms with van der Waals surface area (Å²) in [6.45, 7) is 5.23. The average Bonchev–Trinajstić information content (AvgIpc) is 3.08. The molecule has 0 aliphatic heterocycles. The predicted molar refractivity (Wildman–Crippen MR) is 66.6 cm³/mol. The fourth-order valence-corrected chi connectivity index (χ4v) is 2.09. The number of hydrogen-bond acceptors (Lipinski definition) is 4. The highest BCUT2D eigenvalue weighted by Crippen LogP contribution is 2.34. The van der Waals surface area contributed by atoms with Gasteiger partial charge in [0.1, 0.15) is 0 Å². The van der Waals surface area contributed by atoms with Crippen molar-refractivity contribution in [2.75, 3.05) is 7.05 Å². The maximum atomic E-state index is 5.28. The quantitative estimate of drug-likeness (QED) is 0.731. The zero-order chi connectivity index (χ0) is 12.3. The van der Waals surface area contributed by atoms with Crippen LogP contribution in [0.5, 0.6) is 0 Å². The van der Waals surface area contributed by atoms with Gasteiger partial charge in [-0.1, -0.05) is 18.5 Å². The van der Waals surface area contributed by atoms with Crippen LogP contribution in [0.3, 0.4) is 0 Å². The molecule has 1 saturated carbocycles. The van der Waals surface area contributed by atoms with Crippen molar-refractivity contribution in [3.05, 3.63) is 11.7 Å². The molecule has 1 aromatic heterocycles. The number of aromatic nitrogens is 2. The monoisotopic (exact) mass is 237 g/mol. The van der Waals surface area contributed by atoms with Gasteiger partial charge in [0.25, 0.3) is 0 Å².